The fraction of sp³-hybridized carbons (Fsp3) is 0.385. The maximum absolute atomic E-state index is 11.0. The predicted molar refractivity (Wildman–Crippen MR) is 70.5 cm³/mol. The molecular weight excluding hydrogens is 214 g/mol. The van der Waals surface area contributed by atoms with Crippen LogP contribution in [0.5, 0.6) is 0 Å². The second-order valence-electron chi connectivity index (χ2n) is 3.93. The first-order chi connectivity index (χ1) is 8.68. The van der Waals surface area contributed by atoms with Crippen LogP contribution in [0.15, 0.2) is 30.3 Å². The molecule has 92 valence electrons. The average Bonchev–Trinajstić information content (AvgIpc) is 2.74. The lowest BCUT2D eigenvalue weighted by molar-refractivity contribution is -0.117. The van der Waals surface area contributed by atoms with Gasteiger partial charge in [0, 0.05) is 20.1 Å². The lowest BCUT2D eigenvalue weighted by Gasteiger charge is -2.20. The minimum Gasteiger partial charge on any atom is -0.334 e. The standard InChI is InChI=1S/C12H15N3O.CH4/c1-10(16)9-14-7-8-15(12(14)13)11-5-3-2-4-6-11;/h2-6,13H,7-9H2,1H3;1H4/i;1T. The summed E-state index contributed by atoms with van der Waals surface area (Å²) in [4.78, 5) is 14.8. The zero-order valence-corrected chi connectivity index (χ0v) is 10.3. The van der Waals surface area contributed by atoms with Crippen LogP contribution in [-0.4, -0.2) is 36.3 Å². The van der Waals surface area contributed by atoms with E-state index in [0.29, 0.717) is 12.5 Å². The number of hydrogen-bond acceptors (Lipinski definition) is 2. The Bertz CT molecular complexity index is 408. The summed E-state index contributed by atoms with van der Waals surface area (Å²) in [6.07, 6.45) is 0. The molecule has 1 aliphatic rings. The third-order valence-corrected chi connectivity index (χ3v) is 2.63. The summed E-state index contributed by atoms with van der Waals surface area (Å²) in [6, 6.07) is 9.82. The number of para-hydroxylation sites is 1. The Morgan fingerprint density at radius 1 is 1.41 bits per heavy atom. The zero-order valence-electron chi connectivity index (χ0n) is 11.3. The normalized spacial score (nSPS) is 15.2. The third-order valence-electron chi connectivity index (χ3n) is 2.63. The van der Waals surface area contributed by atoms with Crippen molar-refractivity contribution >= 4 is 17.4 Å². The number of hydrogen-bond donors (Lipinski definition) is 1. The summed E-state index contributed by atoms with van der Waals surface area (Å²) >= 11 is 0. The maximum atomic E-state index is 11.0. The van der Waals surface area contributed by atoms with E-state index >= 15 is 0 Å². The summed E-state index contributed by atoms with van der Waals surface area (Å²) in [6.45, 7) is 3.41. The van der Waals surface area contributed by atoms with Crippen molar-refractivity contribution in [3.63, 3.8) is 0 Å². The average molecular weight is 235 g/mol. The molecule has 1 fully saturated rings. The predicted octanol–water partition coefficient (Wildman–Crippen LogP) is 1.97. The minimum absolute atomic E-state index is 0.0969. The molecule has 0 unspecified atom stereocenters. The van der Waals surface area contributed by atoms with Crippen molar-refractivity contribution in [2.24, 2.45) is 0 Å². The van der Waals surface area contributed by atoms with Crippen LogP contribution in [0.2, 0.25) is 0 Å². The number of rotatable bonds is 3. The SMILES string of the molecule is CC(=O)CN1CCN(c2ccccc2)C1=N.[3H]C. The van der Waals surface area contributed by atoms with Crippen molar-refractivity contribution in [3.05, 3.63) is 30.3 Å². The van der Waals surface area contributed by atoms with Crippen LogP contribution >= 0.6 is 0 Å². The Labute approximate surface area is 104 Å². The number of nitrogens with zero attached hydrogens (tertiary/aromatic N) is 2. The fourth-order valence-electron chi connectivity index (χ4n) is 1.89. The van der Waals surface area contributed by atoms with Crippen molar-refractivity contribution in [2.45, 2.75) is 14.3 Å². The molecule has 0 saturated carbocycles. The van der Waals surface area contributed by atoms with Gasteiger partial charge in [-0.15, -0.1) is 0 Å². The molecule has 1 aromatic carbocycles. The van der Waals surface area contributed by atoms with E-state index in [0.717, 1.165) is 18.8 Å². The van der Waals surface area contributed by atoms with Gasteiger partial charge in [-0.3, -0.25) is 10.2 Å². The van der Waals surface area contributed by atoms with E-state index in [-0.39, 0.29) is 5.78 Å². The van der Waals surface area contributed by atoms with E-state index in [2.05, 4.69) is 0 Å². The van der Waals surface area contributed by atoms with Crippen molar-refractivity contribution in [1.29, 1.82) is 5.41 Å². The minimum atomic E-state index is 0.0969. The molecule has 0 spiro atoms. The molecule has 0 amide bonds. The monoisotopic (exact) mass is 235 g/mol. The topological polar surface area (TPSA) is 47.4 Å². The molecule has 0 radical (unpaired) electrons. The zero-order chi connectivity index (χ0) is 13.5. The Morgan fingerprint density at radius 2 is 2.06 bits per heavy atom. The van der Waals surface area contributed by atoms with Crippen LogP contribution in [-0.2, 0) is 4.79 Å². The first kappa shape index (κ1) is 11.6. The highest BCUT2D eigenvalue weighted by molar-refractivity contribution is 5.97. The first-order valence-corrected chi connectivity index (χ1v) is 5.34. The van der Waals surface area contributed by atoms with Gasteiger partial charge in [0.15, 0.2) is 5.96 Å². The molecule has 4 nitrogen and oxygen atoms in total. The van der Waals surface area contributed by atoms with Crippen molar-refractivity contribution in [2.75, 3.05) is 24.5 Å². The molecule has 1 saturated heterocycles. The highest BCUT2D eigenvalue weighted by atomic mass is 16.1. The number of benzene rings is 1. The van der Waals surface area contributed by atoms with Gasteiger partial charge in [0.05, 0.1) is 6.54 Å². The first-order valence-electron chi connectivity index (χ1n) is 6.34. The Hall–Kier alpha value is -1.84. The second-order valence-corrected chi connectivity index (χ2v) is 3.93. The number of guanidine groups is 1. The highest BCUT2D eigenvalue weighted by Crippen LogP contribution is 2.18. The van der Waals surface area contributed by atoms with E-state index in [1.165, 1.54) is 7.40 Å². The number of carbonyl (C=O) groups excluding carboxylic acids is 1. The van der Waals surface area contributed by atoms with Crippen LogP contribution in [0.1, 0.15) is 15.7 Å². The second kappa shape index (κ2) is 5.48. The Kier molecular flexibility index (Phi) is 3.75. The smallest absolute Gasteiger partial charge is 0.198 e. The highest BCUT2D eigenvalue weighted by Gasteiger charge is 2.26. The molecule has 1 heterocycles. The number of Topliss-reactive ketones (excluding diaryl/α,β-unsaturated/α-hetero) is 1. The molecule has 17 heavy (non-hydrogen) atoms. The van der Waals surface area contributed by atoms with E-state index in [4.69, 9.17) is 6.78 Å². The van der Waals surface area contributed by atoms with Gasteiger partial charge in [0.25, 0.3) is 0 Å². The Morgan fingerprint density at radius 3 is 2.65 bits per heavy atom. The number of anilines is 1. The van der Waals surface area contributed by atoms with Crippen LogP contribution in [0, 0.1) is 5.41 Å². The van der Waals surface area contributed by atoms with Crippen LogP contribution in [0.3, 0.4) is 0 Å². The van der Waals surface area contributed by atoms with Gasteiger partial charge < -0.3 is 9.80 Å². The summed E-state index contributed by atoms with van der Waals surface area (Å²) in [5.74, 6) is 0.515. The molecule has 0 aliphatic carbocycles. The summed E-state index contributed by atoms with van der Waals surface area (Å²) < 4.78 is 5.75. The summed E-state index contributed by atoms with van der Waals surface area (Å²) in [5.41, 5.74) is 1.01. The molecule has 1 N–H and O–H groups in total. The quantitative estimate of drug-likeness (QED) is 0.871. The van der Waals surface area contributed by atoms with E-state index in [1.807, 2.05) is 35.2 Å². The van der Waals surface area contributed by atoms with Gasteiger partial charge in [0.2, 0.25) is 0 Å². The lowest BCUT2D eigenvalue weighted by Crippen LogP contribution is -2.35. The van der Waals surface area contributed by atoms with Gasteiger partial charge in [-0.25, -0.2) is 0 Å². The van der Waals surface area contributed by atoms with E-state index in [9.17, 15) is 4.79 Å². The van der Waals surface area contributed by atoms with Gasteiger partial charge >= 0.3 is 0 Å². The molecule has 1 aromatic rings. The lowest BCUT2D eigenvalue weighted by atomic mass is 10.3. The van der Waals surface area contributed by atoms with Gasteiger partial charge in [0.1, 0.15) is 5.78 Å². The largest absolute Gasteiger partial charge is 0.334 e. The molecule has 0 aromatic heterocycles. The number of carbonyl (C=O) groups is 1. The Balaban J connectivity index is 0.000000771. The van der Waals surface area contributed by atoms with E-state index in [1.54, 1.807) is 11.8 Å². The van der Waals surface area contributed by atoms with E-state index < -0.39 is 0 Å². The van der Waals surface area contributed by atoms with Gasteiger partial charge in [-0.2, -0.15) is 0 Å². The van der Waals surface area contributed by atoms with Crippen LogP contribution in [0.25, 0.3) is 0 Å². The van der Waals surface area contributed by atoms with Crippen molar-refractivity contribution in [3.8, 4) is 0 Å². The van der Waals surface area contributed by atoms with Crippen LogP contribution in [0.4, 0.5) is 5.69 Å². The van der Waals surface area contributed by atoms with Gasteiger partial charge in [-0.1, -0.05) is 25.6 Å². The molecule has 2 rings (SSSR count). The molecule has 0 bridgehead atoms. The number of ketones is 1. The molecule has 0 atom stereocenters. The molecular formula is C13H19N3O. The third kappa shape index (κ3) is 2.84. The number of nitrogens with one attached hydrogen (secondary N) is 1. The van der Waals surface area contributed by atoms with Crippen LogP contribution < -0.4 is 4.90 Å². The van der Waals surface area contributed by atoms with Crippen molar-refractivity contribution in [1.82, 2.24) is 4.90 Å². The molecule has 4 heteroatoms. The van der Waals surface area contributed by atoms with Gasteiger partial charge in [-0.05, 0) is 19.1 Å². The van der Waals surface area contributed by atoms with Crippen molar-refractivity contribution < 1.29 is 6.17 Å². The fourth-order valence-corrected chi connectivity index (χ4v) is 1.89. The maximum Gasteiger partial charge on any atom is 0.198 e. The summed E-state index contributed by atoms with van der Waals surface area (Å²) in [5, 5.41) is 7.99. The summed E-state index contributed by atoms with van der Waals surface area (Å²) in [7, 11) is 1.25. The molecule has 1 aliphatic heterocycles.